The van der Waals surface area contributed by atoms with Crippen LogP contribution in [0.4, 0.5) is 13.2 Å². The van der Waals surface area contributed by atoms with Gasteiger partial charge in [0.15, 0.2) is 0 Å². The second kappa shape index (κ2) is 9.41. The van der Waals surface area contributed by atoms with Crippen molar-refractivity contribution in [2.24, 2.45) is 0 Å². The molecule has 0 fully saturated rings. The van der Waals surface area contributed by atoms with Crippen molar-refractivity contribution in [2.75, 3.05) is 20.6 Å². The van der Waals surface area contributed by atoms with Gasteiger partial charge in [0.05, 0.1) is 26.5 Å². The largest absolute Gasteiger partial charge is 0.573 e. The van der Waals surface area contributed by atoms with E-state index in [1.54, 1.807) is 25.1 Å². The Bertz CT molecular complexity index is 1070. The van der Waals surface area contributed by atoms with Crippen LogP contribution >= 0.6 is 23.2 Å². The number of nitriles is 1. The summed E-state index contributed by atoms with van der Waals surface area (Å²) in [4.78, 5) is 1.34. The molecule has 2 aromatic carbocycles. The molecule has 0 aliphatic heterocycles. The third-order valence-electron chi connectivity index (χ3n) is 3.80. The fraction of sp³-hybridized carbons (Fsp3) is 0.278. The number of sulfonamides is 1. The first-order valence-corrected chi connectivity index (χ1v) is 10.5. The first-order chi connectivity index (χ1) is 13.8. The van der Waals surface area contributed by atoms with Crippen LogP contribution in [0.5, 0.6) is 5.75 Å². The number of nitrogens with zero attached hydrogens (tertiary/aromatic N) is 2. The van der Waals surface area contributed by atoms with Crippen LogP contribution in [0, 0.1) is 11.3 Å². The molecule has 0 aromatic heterocycles. The predicted molar refractivity (Wildman–Crippen MR) is 106 cm³/mol. The van der Waals surface area contributed by atoms with Crippen molar-refractivity contribution in [3.8, 4) is 11.8 Å². The number of ether oxygens (including phenoxy) is 1. The quantitative estimate of drug-likeness (QED) is 0.635. The van der Waals surface area contributed by atoms with Gasteiger partial charge in [-0.05, 0) is 50.0 Å². The van der Waals surface area contributed by atoms with Gasteiger partial charge in [-0.3, -0.25) is 0 Å². The maximum absolute atomic E-state index is 12.9. The van der Waals surface area contributed by atoms with Crippen molar-refractivity contribution >= 4 is 33.2 Å². The average molecular weight is 482 g/mol. The van der Waals surface area contributed by atoms with Crippen molar-refractivity contribution in [3.05, 3.63) is 57.6 Å². The van der Waals surface area contributed by atoms with Crippen LogP contribution in [-0.2, 0) is 10.0 Å². The number of benzene rings is 2. The number of rotatable bonds is 7. The SMILES string of the molecule is CN(C)CC(NS(=O)(=O)c1ccc(OC(F)(F)F)c(C#N)c1)c1ccc(Cl)c(Cl)c1. The number of nitrogens with one attached hydrogen (secondary N) is 1. The third kappa shape index (κ3) is 6.48. The molecule has 0 heterocycles. The molecule has 0 radical (unpaired) electrons. The number of alkyl halides is 3. The Labute approximate surface area is 181 Å². The molecule has 0 aliphatic carbocycles. The lowest BCUT2D eigenvalue weighted by Crippen LogP contribution is -2.35. The highest BCUT2D eigenvalue weighted by atomic mass is 35.5. The first-order valence-electron chi connectivity index (χ1n) is 8.24. The molecule has 30 heavy (non-hydrogen) atoms. The topological polar surface area (TPSA) is 82.4 Å². The Morgan fingerprint density at radius 1 is 1.17 bits per heavy atom. The molecule has 2 rings (SSSR count). The van der Waals surface area contributed by atoms with Gasteiger partial charge in [-0.1, -0.05) is 29.3 Å². The summed E-state index contributed by atoms with van der Waals surface area (Å²) in [6.45, 7) is 0.248. The molecule has 0 aliphatic rings. The van der Waals surface area contributed by atoms with E-state index in [4.69, 9.17) is 28.5 Å². The van der Waals surface area contributed by atoms with Crippen molar-refractivity contribution < 1.29 is 26.3 Å². The number of likely N-dealkylation sites (N-methyl/N-ethyl adjacent to an activating group) is 1. The smallest absolute Gasteiger partial charge is 0.404 e. The van der Waals surface area contributed by atoms with E-state index in [-0.39, 0.29) is 11.6 Å². The maximum atomic E-state index is 12.9. The molecule has 2 aromatic rings. The molecule has 1 atom stereocenters. The normalized spacial score (nSPS) is 13.2. The molecule has 0 spiro atoms. The predicted octanol–water partition coefficient (Wildman–Crippen LogP) is 4.34. The second-order valence-corrected chi connectivity index (χ2v) is 8.96. The zero-order valence-electron chi connectivity index (χ0n) is 15.7. The average Bonchev–Trinajstić information content (AvgIpc) is 2.61. The molecule has 1 N–H and O–H groups in total. The van der Waals surface area contributed by atoms with E-state index < -0.39 is 38.6 Å². The molecular weight excluding hydrogens is 466 g/mol. The Morgan fingerprint density at radius 3 is 2.37 bits per heavy atom. The molecule has 12 heteroatoms. The molecule has 0 saturated carbocycles. The minimum Gasteiger partial charge on any atom is -0.404 e. The van der Waals surface area contributed by atoms with E-state index in [9.17, 15) is 21.6 Å². The molecule has 0 amide bonds. The maximum Gasteiger partial charge on any atom is 0.573 e. The lowest BCUT2D eigenvalue weighted by molar-refractivity contribution is -0.274. The Morgan fingerprint density at radius 2 is 1.83 bits per heavy atom. The second-order valence-electron chi connectivity index (χ2n) is 6.43. The summed E-state index contributed by atoms with van der Waals surface area (Å²) in [5.41, 5.74) is -0.0481. The van der Waals surface area contributed by atoms with Crippen LogP contribution in [0.2, 0.25) is 10.0 Å². The van der Waals surface area contributed by atoms with Gasteiger partial charge in [0.25, 0.3) is 0 Å². The zero-order chi connectivity index (χ0) is 22.7. The van der Waals surface area contributed by atoms with Crippen LogP contribution in [0.25, 0.3) is 0 Å². The third-order valence-corrected chi connectivity index (χ3v) is 6.01. The summed E-state index contributed by atoms with van der Waals surface area (Å²) in [5.74, 6) is -0.793. The lowest BCUT2D eigenvalue weighted by Gasteiger charge is -2.23. The molecule has 0 saturated heterocycles. The van der Waals surface area contributed by atoms with E-state index in [2.05, 4.69) is 9.46 Å². The van der Waals surface area contributed by atoms with E-state index in [1.807, 2.05) is 0 Å². The van der Waals surface area contributed by atoms with Gasteiger partial charge in [0.1, 0.15) is 11.8 Å². The highest BCUT2D eigenvalue weighted by Crippen LogP contribution is 2.30. The van der Waals surface area contributed by atoms with Gasteiger partial charge in [-0.15, -0.1) is 13.2 Å². The van der Waals surface area contributed by atoms with E-state index in [0.717, 1.165) is 18.2 Å². The van der Waals surface area contributed by atoms with Gasteiger partial charge in [0, 0.05) is 6.54 Å². The molecule has 0 bridgehead atoms. The van der Waals surface area contributed by atoms with Crippen LogP contribution in [0.3, 0.4) is 0 Å². The molecular formula is C18H16Cl2F3N3O3S. The van der Waals surface area contributed by atoms with E-state index in [0.29, 0.717) is 10.6 Å². The number of hydrogen-bond donors (Lipinski definition) is 1. The van der Waals surface area contributed by atoms with E-state index >= 15 is 0 Å². The van der Waals surface area contributed by atoms with E-state index in [1.165, 1.54) is 18.2 Å². The minimum atomic E-state index is -5.02. The lowest BCUT2D eigenvalue weighted by atomic mass is 10.1. The highest BCUT2D eigenvalue weighted by Gasteiger charge is 2.33. The fourth-order valence-electron chi connectivity index (χ4n) is 2.54. The summed E-state index contributed by atoms with van der Waals surface area (Å²) in [6, 6.07) is 7.90. The standard InChI is InChI=1S/C18H16Cl2F3N3O3S/c1-26(2)10-16(11-3-5-14(19)15(20)8-11)25-30(27,28)13-4-6-17(12(7-13)9-24)29-18(21,22)23/h3-8,16,25H,10H2,1-2H3. The van der Waals surface area contributed by atoms with Gasteiger partial charge in [-0.25, -0.2) is 13.1 Å². The van der Waals surface area contributed by atoms with Crippen molar-refractivity contribution in [1.29, 1.82) is 5.26 Å². The number of halogens is 5. The summed E-state index contributed by atoms with van der Waals surface area (Å²) in [5, 5.41) is 9.63. The van der Waals surface area contributed by atoms with Gasteiger partial charge in [-0.2, -0.15) is 5.26 Å². The summed E-state index contributed by atoms with van der Waals surface area (Å²) >= 11 is 11.9. The van der Waals surface area contributed by atoms with Crippen molar-refractivity contribution in [2.45, 2.75) is 17.3 Å². The summed E-state index contributed by atoms with van der Waals surface area (Å²) < 4.78 is 69.3. The summed E-state index contributed by atoms with van der Waals surface area (Å²) in [6.07, 6.45) is -5.02. The Hall–Kier alpha value is -2.03. The minimum absolute atomic E-state index is 0.234. The fourth-order valence-corrected chi connectivity index (χ4v) is 4.09. The van der Waals surface area contributed by atoms with Gasteiger partial charge in [0.2, 0.25) is 10.0 Å². The van der Waals surface area contributed by atoms with Crippen LogP contribution in [0.1, 0.15) is 17.2 Å². The highest BCUT2D eigenvalue weighted by molar-refractivity contribution is 7.89. The first kappa shape index (κ1) is 24.2. The summed E-state index contributed by atoms with van der Waals surface area (Å²) in [7, 11) is -0.746. The van der Waals surface area contributed by atoms with Crippen molar-refractivity contribution in [3.63, 3.8) is 0 Å². The number of hydrogen-bond acceptors (Lipinski definition) is 5. The monoisotopic (exact) mass is 481 g/mol. The Kier molecular flexibility index (Phi) is 7.60. The molecule has 1 unspecified atom stereocenters. The van der Waals surface area contributed by atoms with Crippen molar-refractivity contribution in [1.82, 2.24) is 9.62 Å². The molecule has 162 valence electrons. The van der Waals surface area contributed by atoms with Gasteiger partial charge < -0.3 is 9.64 Å². The van der Waals surface area contributed by atoms with Crippen LogP contribution in [0.15, 0.2) is 41.3 Å². The Balaban J connectivity index is 2.40. The van der Waals surface area contributed by atoms with Crippen LogP contribution in [-0.4, -0.2) is 40.3 Å². The van der Waals surface area contributed by atoms with Crippen LogP contribution < -0.4 is 9.46 Å². The molecule has 6 nitrogen and oxygen atoms in total. The zero-order valence-corrected chi connectivity index (χ0v) is 18.0. The van der Waals surface area contributed by atoms with Gasteiger partial charge >= 0.3 is 6.36 Å².